The summed E-state index contributed by atoms with van der Waals surface area (Å²) in [7, 11) is 1.76. The number of ether oxygens (including phenoxy) is 1. The van der Waals surface area contributed by atoms with Crippen LogP contribution in [0.25, 0.3) is 0 Å². The van der Waals surface area contributed by atoms with Gasteiger partial charge in [0, 0.05) is 13.1 Å². The van der Waals surface area contributed by atoms with Crippen LogP contribution in [0, 0.1) is 0 Å². The van der Waals surface area contributed by atoms with Gasteiger partial charge in [-0.25, -0.2) is 0 Å². The van der Waals surface area contributed by atoms with Crippen molar-refractivity contribution in [3.8, 4) is 5.88 Å². The van der Waals surface area contributed by atoms with Crippen LogP contribution in [0.3, 0.4) is 0 Å². The maximum absolute atomic E-state index is 5.48. The highest BCUT2D eigenvalue weighted by atomic mass is 16.5. The van der Waals surface area contributed by atoms with Crippen molar-refractivity contribution in [1.29, 1.82) is 0 Å². The summed E-state index contributed by atoms with van der Waals surface area (Å²) in [5.74, 6) is 1.32. The van der Waals surface area contributed by atoms with Crippen LogP contribution < -0.4 is 15.8 Å². The average Bonchev–Trinajstić information content (AvgIpc) is 2.17. The van der Waals surface area contributed by atoms with Gasteiger partial charge in [0.15, 0.2) is 0 Å². The number of rotatable bonds is 4. The Labute approximate surface area is 83.0 Å². The van der Waals surface area contributed by atoms with Crippen molar-refractivity contribution in [2.45, 2.75) is 6.92 Å². The Hall–Kier alpha value is -1.78. The fourth-order valence-electron chi connectivity index (χ4n) is 0.875. The zero-order chi connectivity index (χ0) is 10.4. The van der Waals surface area contributed by atoms with Gasteiger partial charge in [-0.3, -0.25) is 0 Å². The Morgan fingerprint density at radius 1 is 1.57 bits per heavy atom. The quantitative estimate of drug-likeness (QED) is 0.701. The number of hydrogen-bond donors (Lipinski definition) is 2. The summed E-state index contributed by atoms with van der Waals surface area (Å²) in [5, 5.41) is 2.87. The maximum Gasteiger partial charge on any atom is 0.225 e. The van der Waals surface area contributed by atoms with Crippen molar-refractivity contribution < 1.29 is 4.74 Å². The minimum absolute atomic E-state index is 0.201. The number of allylic oxidation sites excluding steroid dienone is 1. The third-order valence-corrected chi connectivity index (χ3v) is 1.54. The Morgan fingerprint density at radius 3 is 3.00 bits per heavy atom. The van der Waals surface area contributed by atoms with Crippen LogP contribution >= 0.6 is 0 Å². The number of nitrogens with two attached hydrogens (primary N) is 1. The molecule has 0 aromatic carbocycles. The van der Waals surface area contributed by atoms with Crippen LogP contribution in [-0.4, -0.2) is 23.6 Å². The Balaban J connectivity index is 2.71. The largest absolute Gasteiger partial charge is 0.473 e. The molecule has 1 rings (SSSR count). The lowest BCUT2D eigenvalue weighted by Gasteiger charge is -2.05. The van der Waals surface area contributed by atoms with Crippen molar-refractivity contribution in [1.82, 2.24) is 9.97 Å². The average molecular weight is 194 g/mol. The van der Waals surface area contributed by atoms with E-state index in [1.54, 1.807) is 13.1 Å². The van der Waals surface area contributed by atoms with Crippen LogP contribution in [0.5, 0.6) is 5.88 Å². The Bertz CT molecular complexity index is 325. The van der Waals surface area contributed by atoms with Gasteiger partial charge < -0.3 is 15.8 Å². The molecule has 0 fully saturated rings. The molecule has 1 heterocycles. The molecule has 0 spiro atoms. The summed E-state index contributed by atoms with van der Waals surface area (Å²) < 4.78 is 5.31. The molecule has 0 aliphatic carbocycles. The topological polar surface area (TPSA) is 73.1 Å². The number of nitrogens with one attached hydrogen (secondary N) is 1. The van der Waals surface area contributed by atoms with E-state index in [1.165, 1.54) is 0 Å². The molecule has 0 bridgehead atoms. The van der Waals surface area contributed by atoms with Gasteiger partial charge in [0.25, 0.3) is 0 Å². The molecule has 0 radical (unpaired) electrons. The first kappa shape index (κ1) is 10.3. The highest BCUT2D eigenvalue weighted by Gasteiger charge is 2.00. The van der Waals surface area contributed by atoms with Crippen LogP contribution in [-0.2, 0) is 0 Å². The molecule has 5 heteroatoms. The lowest BCUT2D eigenvalue weighted by atomic mass is 10.5. The van der Waals surface area contributed by atoms with E-state index in [-0.39, 0.29) is 5.95 Å². The monoisotopic (exact) mass is 194 g/mol. The Morgan fingerprint density at radius 2 is 2.36 bits per heavy atom. The van der Waals surface area contributed by atoms with E-state index in [0.29, 0.717) is 18.3 Å². The van der Waals surface area contributed by atoms with Crippen LogP contribution in [0.1, 0.15) is 6.92 Å². The van der Waals surface area contributed by atoms with E-state index in [2.05, 4.69) is 15.3 Å². The van der Waals surface area contributed by atoms with E-state index in [1.807, 2.05) is 19.1 Å². The molecule has 0 amide bonds. The first-order valence-electron chi connectivity index (χ1n) is 4.32. The van der Waals surface area contributed by atoms with Gasteiger partial charge in [-0.2, -0.15) is 9.97 Å². The standard InChI is InChI=1S/C9H14N4O/c1-3-4-5-14-8-6-7(11-2)12-9(10)13-8/h3-4,6H,5H2,1-2H3,(H3,10,11,12,13)/b4-3+. The number of nitrogen functional groups attached to an aromatic ring is 1. The summed E-state index contributed by atoms with van der Waals surface area (Å²) in [6, 6.07) is 1.69. The first-order valence-corrected chi connectivity index (χ1v) is 4.32. The zero-order valence-corrected chi connectivity index (χ0v) is 8.32. The van der Waals surface area contributed by atoms with Crippen molar-refractivity contribution >= 4 is 11.8 Å². The minimum atomic E-state index is 0.201. The van der Waals surface area contributed by atoms with Gasteiger partial charge in [0.1, 0.15) is 12.4 Å². The molecule has 3 N–H and O–H groups in total. The minimum Gasteiger partial charge on any atom is -0.473 e. The number of aromatic nitrogens is 2. The van der Waals surface area contributed by atoms with Crippen LogP contribution in [0.4, 0.5) is 11.8 Å². The highest BCUT2D eigenvalue weighted by Crippen LogP contribution is 2.13. The zero-order valence-electron chi connectivity index (χ0n) is 8.32. The predicted molar refractivity (Wildman–Crippen MR) is 56.3 cm³/mol. The van der Waals surface area contributed by atoms with E-state index in [4.69, 9.17) is 10.5 Å². The maximum atomic E-state index is 5.48. The highest BCUT2D eigenvalue weighted by molar-refractivity contribution is 5.42. The van der Waals surface area contributed by atoms with E-state index >= 15 is 0 Å². The van der Waals surface area contributed by atoms with Gasteiger partial charge in [0.2, 0.25) is 11.8 Å². The third-order valence-electron chi connectivity index (χ3n) is 1.54. The van der Waals surface area contributed by atoms with Crippen LogP contribution in [0.15, 0.2) is 18.2 Å². The molecule has 76 valence electrons. The van der Waals surface area contributed by atoms with E-state index in [0.717, 1.165) is 0 Å². The van der Waals surface area contributed by atoms with Gasteiger partial charge >= 0.3 is 0 Å². The summed E-state index contributed by atoms with van der Waals surface area (Å²) in [6.45, 7) is 2.41. The molecule has 0 saturated carbocycles. The second-order valence-corrected chi connectivity index (χ2v) is 2.58. The normalized spacial score (nSPS) is 10.4. The van der Waals surface area contributed by atoms with Crippen molar-refractivity contribution in [3.05, 3.63) is 18.2 Å². The van der Waals surface area contributed by atoms with E-state index in [9.17, 15) is 0 Å². The van der Waals surface area contributed by atoms with E-state index < -0.39 is 0 Å². The SMILES string of the molecule is C/C=C/COc1cc(NC)nc(N)n1. The predicted octanol–water partition coefficient (Wildman–Crippen LogP) is 1.06. The lowest BCUT2D eigenvalue weighted by molar-refractivity contribution is 0.348. The lowest BCUT2D eigenvalue weighted by Crippen LogP contribution is -2.03. The molecule has 0 unspecified atom stereocenters. The molecule has 14 heavy (non-hydrogen) atoms. The van der Waals surface area contributed by atoms with Crippen molar-refractivity contribution in [2.75, 3.05) is 24.7 Å². The summed E-state index contributed by atoms with van der Waals surface area (Å²) >= 11 is 0. The summed E-state index contributed by atoms with van der Waals surface area (Å²) in [6.07, 6.45) is 3.79. The number of anilines is 2. The van der Waals surface area contributed by atoms with Crippen molar-refractivity contribution in [3.63, 3.8) is 0 Å². The van der Waals surface area contributed by atoms with Gasteiger partial charge in [0.05, 0.1) is 0 Å². The molecular formula is C9H14N4O. The fraction of sp³-hybridized carbons (Fsp3) is 0.333. The van der Waals surface area contributed by atoms with Crippen molar-refractivity contribution in [2.24, 2.45) is 0 Å². The summed E-state index contributed by atoms with van der Waals surface area (Å²) in [5.41, 5.74) is 5.48. The third kappa shape index (κ3) is 2.93. The number of nitrogens with zero attached hydrogens (tertiary/aromatic N) is 2. The summed E-state index contributed by atoms with van der Waals surface area (Å²) in [4.78, 5) is 7.86. The molecule has 0 aliphatic heterocycles. The fourth-order valence-corrected chi connectivity index (χ4v) is 0.875. The molecule has 0 aliphatic rings. The Kier molecular flexibility index (Phi) is 3.72. The second-order valence-electron chi connectivity index (χ2n) is 2.58. The van der Waals surface area contributed by atoms with Gasteiger partial charge in [-0.05, 0) is 6.92 Å². The molecule has 0 saturated heterocycles. The first-order chi connectivity index (χ1) is 6.76. The smallest absolute Gasteiger partial charge is 0.225 e. The molecule has 5 nitrogen and oxygen atoms in total. The number of hydrogen-bond acceptors (Lipinski definition) is 5. The molecule has 1 aromatic rings. The van der Waals surface area contributed by atoms with Crippen LogP contribution in [0.2, 0.25) is 0 Å². The van der Waals surface area contributed by atoms with Gasteiger partial charge in [-0.1, -0.05) is 12.2 Å². The van der Waals surface area contributed by atoms with Gasteiger partial charge in [-0.15, -0.1) is 0 Å². The molecule has 1 aromatic heterocycles. The second kappa shape index (κ2) is 5.06. The molecular weight excluding hydrogens is 180 g/mol. The molecule has 0 atom stereocenters.